The van der Waals surface area contributed by atoms with Gasteiger partial charge >= 0.3 is 11.9 Å². The number of aliphatic hydroxyl groups excluding tert-OH is 1. The lowest BCUT2D eigenvalue weighted by molar-refractivity contribution is -0.135. The number of aliphatic imine (C=N–C) groups is 1. The fourth-order valence-corrected chi connectivity index (χ4v) is 1.78. The molecule has 1 aromatic carbocycles. The van der Waals surface area contributed by atoms with Gasteiger partial charge in [-0.05, 0) is 26.0 Å². The van der Waals surface area contributed by atoms with Crippen molar-refractivity contribution in [1.82, 2.24) is 0 Å². The average molecular weight is 326 g/mol. The van der Waals surface area contributed by atoms with E-state index in [2.05, 4.69) is 9.73 Å². The van der Waals surface area contributed by atoms with E-state index in [1.807, 2.05) is 0 Å². The van der Waals surface area contributed by atoms with Crippen LogP contribution in [0.2, 0.25) is 5.02 Å². The molecule has 0 bridgehead atoms. The number of rotatable bonds is 5. The van der Waals surface area contributed by atoms with Crippen LogP contribution in [0.25, 0.3) is 0 Å². The average Bonchev–Trinajstić information content (AvgIpc) is 2.48. The molecule has 0 radical (unpaired) electrons. The van der Waals surface area contributed by atoms with Gasteiger partial charge in [-0.1, -0.05) is 17.7 Å². The number of esters is 2. The van der Waals surface area contributed by atoms with E-state index in [0.29, 0.717) is 0 Å². The van der Waals surface area contributed by atoms with Crippen molar-refractivity contribution in [2.45, 2.75) is 13.8 Å². The summed E-state index contributed by atoms with van der Waals surface area (Å²) in [4.78, 5) is 27.2. The summed E-state index contributed by atoms with van der Waals surface area (Å²) in [6.07, 6.45) is 1.12. The van der Waals surface area contributed by atoms with Gasteiger partial charge in [0, 0.05) is 6.21 Å². The molecule has 0 saturated carbocycles. The van der Waals surface area contributed by atoms with Gasteiger partial charge in [0.1, 0.15) is 11.3 Å². The van der Waals surface area contributed by atoms with Crippen molar-refractivity contribution in [3.8, 4) is 0 Å². The molecule has 0 aliphatic carbocycles. The topological polar surface area (TPSA) is 85.2 Å². The molecule has 1 rings (SSSR count). The molecule has 6 nitrogen and oxygen atoms in total. The number of carbonyl (C=O) groups excluding carboxylic acids is 2. The number of hydrogen-bond acceptors (Lipinski definition) is 6. The summed E-state index contributed by atoms with van der Waals surface area (Å²) >= 11 is 6.11. The molecule has 7 heteroatoms. The summed E-state index contributed by atoms with van der Waals surface area (Å²) in [5.41, 5.74) is 0.317. The number of halogens is 1. The number of hydrogen-bond donors (Lipinski definition) is 1. The summed E-state index contributed by atoms with van der Waals surface area (Å²) in [5, 5.41) is 9.55. The van der Waals surface area contributed by atoms with Crippen molar-refractivity contribution in [1.29, 1.82) is 0 Å². The predicted octanol–water partition coefficient (Wildman–Crippen LogP) is 3.22. The molecule has 0 heterocycles. The first-order valence-electron chi connectivity index (χ1n) is 6.40. The quantitative estimate of drug-likeness (QED) is 0.389. The Kier molecular flexibility index (Phi) is 6.59. The third-order valence-electron chi connectivity index (χ3n) is 2.60. The number of methoxy groups -OCH3 is 1. The molecule has 0 aliphatic rings. The molecule has 0 amide bonds. The lowest BCUT2D eigenvalue weighted by atomic mass is 10.2. The van der Waals surface area contributed by atoms with Crippen molar-refractivity contribution >= 4 is 35.4 Å². The largest absolute Gasteiger partial charge is 0.512 e. The maximum absolute atomic E-state index is 11.7. The standard InChI is InChI=1S/C15H16ClNO5/c1-4-22-15(20)10-6-5-7-12(13(10)16)17-8-11(9(2)18)14(19)21-3/h5-8,18H,4H2,1-3H3. The van der Waals surface area contributed by atoms with Gasteiger partial charge in [-0.2, -0.15) is 0 Å². The summed E-state index contributed by atoms with van der Waals surface area (Å²) < 4.78 is 9.42. The van der Waals surface area contributed by atoms with E-state index in [0.717, 1.165) is 6.21 Å². The van der Waals surface area contributed by atoms with Crippen LogP contribution in [0.15, 0.2) is 34.5 Å². The molecule has 0 saturated heterocycles. The Morgan fingerprint density at radius 1 is 1.41 bits per heavy atom. The Morgan fingerprint density at radius 2 is 2.09 bits per heavy atom. The van der Waals surface area contributed by atoms with E-state index in [9.17, 15) is 14.7 Å². The Labute approximate surface area is 133 Å². The molecule has 0 aliphatic heterocycles. The highest BCUT2D eigenvalue weighted by Crippen LogP contribution is 2.29. The number of allylic oxidation sites excluding steroid dienone is 1. The van der Waals surface area contributed by atoms with E-state index >= 15 is 0 Å². The van der Waals surface area contributed by atoms with Crippen LogP contribution in [0.4, 0.5) is 5.69 Å². The molecular formula is C15H16ClNO5. The van der Waals surface area contributed by atoms with Crippen molar-refractivity contribution in [2.75, 3.05) is 13.7 Å². The molecule has 22 heavy (non-hydrogen) atoms. The Balaban J connectivity index is 3.16. The number of nitrogens with zero attached hydrogens (tertiary/aromatic N) is 1. The van der Waals surface area contributed by atoms with Crippen LogP contribution in [0.3, 0.4) is 0 Å². The highest BCUT2D eigenvalue weighted by atomic mass is 35.5. The summed E-state index contributed by atoms with van der Waals surface area (Å²) in [7, 11) is 1.19. The minimum atomic E-state index is -0.735. The van der Waals surface area contributed by atoms with Crippen LogP contribution in [-0.4, -0.2) is 37.0 Å². The second-order valence-electron chi connectivity index (χ2n) is 4.11. The van der Waals surface area contributed by atoms with Crippen molar-refractivity contribution < 1.29 is 24.2 Å². The fraction of sp³-hybridized carbons (Fsp3) is 0.267. The van der Waals surface area contributed by atoms with E-state index in [1.54, 1.807) is 19.1 Å². The van der Waals surface area contributed by atoms with Gasteiger partial charge in [-0.15, -0.1) is 0 Å². The van der Waals surface area contributed by atoms with Crippen LogP contribution in [0.5, 0.6) is 0 Å². The summed E-state index contributed by atoms with van der Waals surface area (Å²) in [6, 6.07) is 4.65. The van der Waals surface area contributed by atoms with Gasteiger partial charge in [0.15, 0.2) is 0 Å². The third kappa shape index (κ3) is 4.33. The smallest absolute Gasteiger partial charge is 0.342 e. The fourth-order valence-electron chi connectivity index (χ4n) is 1.52. The minimum absolute atomic E-state index is 0.0945. The monoisotopic (exact) mass is 325 g/mol. The first kappa shape index (κ1) is 17.7. The first-order valence-corrected chi connectivity index (χ1v) is 6.78. The van der Waals surface area contributed by atoms with Crippen LogP contribution in [0, 0.1) is 0 Å². The second-order valence-corrected chi connectivity index (χ2v) is 4.49. The molecule has 0 unspecified atom stereocenters. The molecule has 0 atom stereocenters. The van der Waals surface area contributed by atoms with Crippen LogP contribution in [0.1, 0.15) is 24.2 Å². The van der Waals surface area contributed by atoms with Gasteiger partial charge in [-0.3, -0.25) is 4.99 Å². The van der Waals surface area contributed by atoms with Crippen molar-refractivity contribution in [3.05, 3.63) is 40.1 Å². The Morgan fingerprint density at radius 3 is 2.64 bits per heavy atom. The van der Waals surface area contributed by atoms with Crippen molar-refractivity contribution in [2.24, 2.45) is 4.99 Å². The van der Waals surface area contributed by atoms with Gasteiger partial charge < -0.3 is 14.6 Å². The zero-order valence-corrected chi connectivity index (χ0v) is 13.2. The third-order valence-corrected chi connectivity index (χ3v) is 3.00. The van der Waals surface area contributed by atoms with Crippen molar-refractivity contribution in [3.63, 3.8) is 0 Å². The molecule has 1 N–H and O–H groups in total. The SMILES string of the molecule is CCOC(=O)c1cccc(N=CC(C(=O)OC)=C(C)O)c1Cl. The zero-order chi connectivity index (χ0) is 16.7. The first-order chi connectivity index (χ1) is 10.4. The van der Waals surface area contributed by atoms with Gasteiger partial charge in [0.05, 0.1) is 30.0 Å². The maximum atomic E-state index is 11.7. The van der Waals surface area contributed by atoms with Gasteiger partial charge in [-0.25, -0.2) is 9.59 Å². The highest BCUT2D eigenvalue weighted by Gasteiger charge is 2.15. The molecule has 0 aromatic heterocycles. The number of aliphatic hydroxyl groups is 1. The van der Waals surface area contributed by atoms with E-state index in [4.69, 9.17) is 16.3 Å². The Bertz CT molecular complexity index is 633. The summed E-state index contributed by atoms with van der Waals surface area (Å²) in [6.45, 7) is 3.24. The highest BCUT2D eigenvalue weighted by molar-refractivity contribution is 6.36. The Hall–Kier alpha value is -2.34. The second kappa shape index (κ2) is 8.19. The molecular weight excluding hydrogens is 310 g/mol. The number of benzene rings is 1. The van der Waals surface area contributed by atoms with E-state index < -0.39 is 11.9 Å². The van der Waals surface area contributed by atoms with Gasteiger partial charge in [0.25, 0.3) is 0 Å². The molecule has 118 valence electrons. The van der Waals surface area contributed by atoms with Crippen LogP contribution in [-0.2, 0) is 14.3 Å². The van der Waals surface area contributed by atoms with Gasteiger partial charge in [0.2, 0.25) is 0 Å². The van der Waals surface area contributed by atoms with E-state index in [1.165, 1.54) is 20.1 Å². The maximum Gasteiger partial charge on any atom is 0.342 e. The lowest BCUT2D eigenvalue weighted by Gasteiger charge is -2.06. The molecule has 1 aromatic rings. The van der Waals surface area contributed by atoms with E-state index in [-0.39, 0.29) is 34.2 Å². The zero-order valence-electron chi connectivity index (χ0n) is 12.4. The van der Waals surface area contributed by atoms with Crippen LogP contribution >= 0.6 is 11.6 Å². The van der Waals surface area contributed by atoms with Crippen LogP contribution < -0.4 is 0 Å². The summed E-state index contributed by atoms with van der Waals surface area (Å²) in [5.74, 6) is -1.54. The normalized spacial score (nSPS) is 12.0. The number of carbonyl (C=O) groups is 2. The molecule has 0 fully saturated rings. The minimum Gasteiger partial charge on any atom is -0.512 e. The molecule has 0 spiro atoms. The predicted molar refractivity (Wildman–Crippen MR) is 82.9 cm³/mol. The lowest BCUT2D eigenvalue weighted by Crippen LogP contribution is -2.08. The number of ether oxygens (including phenoxy) is 2.